The van der Waals surface area contributed by atoms with Gasteiger partial charge in [0.1, 0.15) is 0 Å². The van der Waals surface area contributed by atoms with Crippen LogP contribution in [0.25, 0.3) is 0 Å². The molecule has 0 aromatic rings. The molecule has 0 atom stereocenters. The van der Waals surface area contributed by atoms with Gasteiger partial charge in [0, 0.05) is 5.41 Å². The van der Waals surface area contributed by atoms with Crippen LogP contribution < -0.4 is 0 Å². The van der Waals surface area contributed by atoms with Gasteiger partial charge < -0.3 is 9.05 Å². The van der Waals surface area contributed by atoms with E-state index in [0.717, 1.165) is 8.43 Å². The van der Waals surface area contributed by atoms with E-state index in [9.17, 15) is 0 Å². The van der Waals surface area contributed by atoms with Crippen molar-refractivity contribution in [3.63, 3.8) is 0 Å². The van der Waals surface area contributed by atoms with Crippen molar-refractivity contribution in [1.29, 1.82) is 0 Å². The van der Waals surface area contributed by atoms with Gasteiger partial charge in [0.25, 0.3) is 5.69 Å². The summed E-state index contributed by atoms with van der Waals surface area (Å²) in [5.41, 5.74) is -1.02. The predicted molar refractivity (Wildman–Crippen MR) is 101 cm³/mol. The Morgan fingerprint density at radius 3 is 2.10 bits per heavy atom. The molecule has 116 valence electrons. The summed E-state index contributed by atoms with van der Waals surface area (Å²) >= 11 is 14.2. The normalized spacial score (nSPS) is 20.8. The van der Waals surface area contributed by atoms with Gasteiger partial charge in [0.15, 0.2) is 0 Å². The minimum Gasteiger partial charge on any atom is -0.321 e. The maximum Gasteiger partial charge on any atom is 0.252 e. The maximum absolute atomic E-state index is 5.88. The van der Waals surface area contributed by atoms with Crippen molar-refractivity contribution < 1.29 is 9.05 Å². The first-order valence-electron chi connectivity index (χ1n) is 6.52. The van der Waals surface area contributed by atoms with Crippen LogP contribution in [0.15, 0.2) is 9.81 Å². The van der Waals surface area contributed by atoms with Gasteiger partial charge in [-0.05, 0) is 43.0 Å². The summed E-state index contributed by atoms with van der Waals surface area (Å²) in [6.07, 6.45) is 0. The molecule has 0 radical (unpaired) electrons. The molecule has 1 saturated heterocycles. The Morgan fingerprint density at radius 1 is 1.20 bits per heavy atom. The molecule has 0 spiro atoms. The average Bonchev–Trinajstić information content (AvgIpc) is 2.32. The van der Waals surface area contributed by atoms with Gasteiger partial charge in [-0.1, -0.05) is 57.2 Å². The van der Waals surface area contributed by atoms with E-state index >= 15 is 0 Å². The predicted octanol–water partition coefficient (Wildman–Crippen LogP) is 5.99. The van der Waals surface area contributed by atoms with E-state index < -0.39 is 5.69 Å². The first kappa shape index (κ1) is 19.1. The molecule has 1 rings (SSSR count). The van der Waals surface area contributed by atoms with E-state index in [0.29, 0.717) is 19.1 Å². The fourth-order valence-electron chi connectivity index (χ4n) is 1.16. The van der Waals surface area contributed by atoms with Crippen LogP contribution in [0.5, 0.6) is 0 Å². The lowest BCUT2D eigenvalue weighted by molar-refractivity contribution is 0.0672. The van der Waals surface area contributed by atoms with Gasteiger partial charge in [-0.3, -0.25) is 0 Å². The topological polar surface area (TPSA) is 18.5 Å². The lowest BCUT2D eigenvalue weighted by atomic mass is 9.97. The van der Waals surface area contributed by atoms with Crippen molar-refractivity contribution in [2.75, 3.05) is 13.2 Å². The van der Waals surface area contributed by atoms with E-state index in [4.69, 9.17) is 33.1 Å². The van der Waals surface area contributed by atoms with Crippen LogP contribution in [0, 0.1) is 11.3 Å². The fourth-order valence-corrected chi connectivity index (χ4v) is 8.61. The summed E-state index contributed by atoms with van der Waals surface area (Å²) in [6, 6.07) is 0. The van der Waals surface area contributed by atoms with Crippen LogP contribution in [0.2, 0.25) is 0 Å². The summed E-state index contributed by atoms with van der Waals surface area (Å²) in [5.74, 6) is 0.372. The number of hydrogen-bond donors (Lipinski definition) is 0. The van der Waals surface area contributed by atoms with Crippen LogP contribution in [0.1, 0.15) is 41.5 Å². The Balaban J connectivity index is 2.76. The quantitative estimate of drug-likeness (QED) is 0.444. The van der Waals surface area contributed by atoms with E-state index in [1.165, 1.54) is 5.57 Å². The highest BCUT2D eigenvalue weighted by Crippen LogP contribution is 2.68. The van der Waals surface area contributed by atoms with E-state index in [1.807, 2.05) is 0 Å². The Morgan fingerprint density at radius 2 is 1.70 bits per heavy atom. The Labute approximate surface area is 141 Å². The third-order valence-corrected chi connectivity index (χ3v) is 10.2. The Hall–Kier alpha value is 1.10. The molecule has 0 aromatic carbocycles. The zero-order valence-corrected chi connectivity index (χ0v) is 17.0. The number of thiocarbonyl (C=S) groups is 1. The molecule has 1 fully saturated rings. The van der Waals surface area contributed by atoms with Crippen LogP contribution in [-0.4, -0.2) is 17.4 Å². The molecule has 1 aliphatic heterocycles. The van der Waals surface area contributed by atoms with Gasteiger partial charge in [-0.2, -0.15) is 0 Å². The molecule has 0 unspecified atom stereocenters. The third kappa shape index (κ3) is 6.07. The molecule has 1 heterocycles. The van der Waals surface area contributed by atoms with Crippen LogP contribution in [-0.2, 0) is 20.9 Å². The second-order valence-electron chi connectivity index (χ2n) is 6.11. The molecule has 1 aliphatic rings. The summed E-state index contributed by atoms with van der Waals surface area (Å²) in [4.78, 5) is 0. The first-order valence-corrected chi connectivity index (χ1v) is 11.8. The molecule has 0 saturated carbocycles. The number of rotatable bonds is 4. The van der Waals surface area contributed by atoms with Crippen molar-refractivity contribution in [1.82, 2.24) is 0 Å². The van der Waals surface area contributed by atoms with Gasteiger partial charge in [-0.25, -0.2) is 0 Å². The largest absolute Gasteiger partial charge is 0.321 e. The number of thioether (sulfide) groups is 1. The summed E-state index contributed by atoms with van der Waals surface area (Å²) in [6.45, 7) is 13.9. The lowest BCUT2D eigenvalue weighted by Crippen LogP contribution is -2.28. The SMILES string of the molecule is CC(C)=C(SC(=S)C(C)C)SP1(=S)OCC(C)(C)CO1. The van der Waals surface area contributed by atoms with E-state index in [1.54, 1.807) is 23.1 Å². The summed E-state index contributed by atoms with van der Waals surface area (Å²) < 4.78 is 13.9. The van der Waals surface area contributed by atoms with Crippen molar-refractivity contribution in [2.24, 2.45) is 11.3 Å². The number of hydrogen-bond acceptors (Lipinski definition) is 6. The van der Waals surface area contributed by atoms with E-state index in [2.05, 4.69) is 41.5 Å². The van der Waals surface area contributed by atoms with Crippen LogP contribution in [0.3, 0.4) is 0 Å². The second-order valence-corrected chi connectivity index (χ2v) is 14.2. The highest BCUT2D eigenvalue weighted by atomic mass is 32.9. The first-order chi connectivity index (χ1) is 9.05. The molecule has 0 N–H and O–H groups in total. The summed E-state index contributed by atoms with van der Waals surface area (Å²) in [7, 11) is 0. The highest BCUT2D eigenvalue weighted by Gasteiger charge is 2.35. The molecule has 7 heteroatoms. The fraction of sp³-hybridized carbons (Fsp3) is 0.769. The summed E-state index contributed by atoms with van der Waals surface area (Å²) in [5, 5.41) is 0. The minimum absolute atomic E-state index is 0.0500. The monoisotopic (exact) mass is 370 g/mol. The van der Waals surface area contributed by atoms with Crippen LogP contribution in [0.4, 0.5) is 0 Å². The third-order valence-electron chi connectivity index (χ3n) is 2.49. The standard InChI is InChI=1S/C13H23O2PS4/c1-9(2)11(17)19-12(10(3)4)20-16(18)14-7-13(5,6)8-15-16/h9H,7-8H2,1-6H3. The van der Waals surface area contributed by atoms with Gasteiger partial charge in [0.2, 0.25) is 0 Å². The molecule has 20 heavy (non-hydrogen) atoms. The van der Waals surface area contributed by atoms with Gasteiger partial charge >= 0.3 is 0 Å². The minimum atomic E-state index is -2.28. The van der Waals surface area contributed by atoms with Crippen LogP contribution >= 0.6 is 41.1 Å². The molecule has 2 nitrogen and oxygen atoms in total. The average molecular weight is 371 g/mol. The molecule has 0 aromatic heterocycles. The molecule has 0 amide bonds. The van der Waals surface area contributed by atoms with Crippen molar-refractivity contribution >= 4 is 57.1 Å². The smallest absolute Gasteiger partial charge is 0.252 e. The Bertz CT molecular complexity index is 439. The molecule has 0 bridgehead atoms. The van der Waals surface area contributed by atoms with Gasteiger partial charge in [-0.15, -0.1) is 0 Å². The van der Waals surface area contributed by atoms with E-state index in [-0.39, 0.29) is 5.41 Å². The highest BCUT2D eigenvalue weighted by molar-refractivity contribution is 8.72. The molecule has 0 aliphatic carbocycles. The zero-order chi connectivity index (χ0) is 15.6. The zero-order valence-electron chi connectivity index (χ0n) is 12.9. The Kier molecular flexibility index (Phi) is 7.26. The second kappa shape index (κ2) is 7.58. The van der Waals surface area contributed by atoms with Crippen molar-refractivity contribution in [3.05, 3.63) is 9.81 Å². The molecular formula is C13H23O2PS4. The maximum atomic E-state index is 5.88. The van der Waals surface area contributed by atoms with Crippen molar-refractivity contribution in [3.8, 4) is 0 Å². The van der Waals surface area contributed by atoms with Gasteiger partial charge in [0.05, 0.1) is 21.6 Å². The van der Waals surface area contributed by atoms with Crippen molar-refractivity contribution in [2.45, 2.75) is 41.5 Å². The molecular weight excluding hydrogens is 347 g/mol. The lowest BCUT2D eigenvalue weighted by Gasteiger charge is -2.36. The number of allylic oxidation sites excluding steroid dienone is 1.